The molecule has 2 N–H and O–H groups in total. The highest BCUT2D eigenvalue weighted by Crippen LogP contribution is 2.20. The molecule has 2 aromatic rings. The Morgan fingerprint density at radius 2 is 1.88 bits per heavy atom. The lowest BCUT2D eigenvalue weighted by Crippen LogP contribution is -2.18. The van der Waals surface area contributed by atoms with Crippen molar-refractivity contribution in [2.75, 3.05) is 11.9 Å². The number of hydrogen-bond acceptors (Lipinski definition) is 3. The summed E-state index contributed by atoms with van der Waals surface area (Å²) in [5.74, 6) is -0.530. The van der Waals surface area contributed by atoms with Crippen LogP contribution in [0.2, 0.25) is 0 Å². The summed E-state index contributed by atoms with van der Waals surface area (Å²) in [6, 6.07) is 7.07. The largest absolute Gasteiger partial charge is 0.494 e. The number of hydrogen-bond donors (Lipinski definition) is 2. The molecule has 0 radical (unpaired) electrons. The molecule has 0 aliphatic rings. The third-order valence-electron chi connectivity index (χ3n) is 3.71. The summed E-state index contributed by atoms with van der Waals surface area (Å²) in [4.78, 5) is 23.7. The Morgan fingerprint density at radius 3 is 2.42 bits per heavy atom. The van der Waals surface area contributed by atoms with Crippen LogP contribution in [-0.4, -0.2) is 28.2 Å². The van der Waals surface area contributed by atoms with Crippen molar-refractivity contribution in [3.63, 3.8) is 0 Å². The molecule has 0 unspecified atom stereocenters. The molecular formula is C18H22N2O4. The summed E-state index contributed by atoms with van der Waals surface area (Å²) in [5, 5.41) is 12.2. The van der Waals surface area contributed by atoms with E-state index in [0.717, 1.165) is 5.75 Å². The molecule has 0 aliphatic carbocycles. The van der Waals surface area contributed by atoms with Crippen molar-refractivity contribution in [1.82, 2.24) is 4.57 Å². The Labute approximate surface area is 141 Å². The summed E-state index contributed by atoms with van der Waals surface area (Å²) in [5.41, 5.74) is 2.03. The quantitative estimate of drug-likeness (QED) is 0.817. The van der Waals surface area contributed by atoms with Gasteiger partial charge in [0.1, 0.15) is 5.75 Å². The maximum Gasteiger partial charge on any atom is 0.337 e. The highest BCUT2D eigenvalue weighted by atomic mass is 16.5. The fourth-order valence-corrected chi connectivity index (χ4v) is 2.67. The van der Waals surface area contributed by atoms with Crippen LogP contribution in [0.3, 0.4) is 0 Å². The van der Waals surface area contributed by atoms with E-state index in [1.54, 1.807) is 42.0 Å². The van der Waals surface area contributed by atoms with Crippen LogP contribution in [0.5, 0.6) is 5.75 Å². The maximum atomic E-state index is 12.3. The van der Waals surface area contributed by atoms with Crippen LogP contribution in [0.1, 0.15) is 35.5 Å². The van der Waals surface area contributed by atoms with Crippen LogP contribution in [0.25, 0.3) is 0 Å². The Kier molecular flexibility index (Phi) is 5.63. The molecule has 0 saturated heterocycles. The smallest absolute Gasteiger partial charge is 0.337 e. The van der Waals surface area contributed by atoms with E-state index in [0.29, 0.717) is 30.1 Å². The third kappa shape index (κ3) is 3.95. The number of nitrogens with one attached hydrogen (secondary N) is 1. The zero-order valence-electron chi connectivity index (χ0n) is 14.1. The molecule has 6 nitrogen and oxygen atoms in total. The molecule has 0 atom stereocenters. The number of ether oxygens (including phenoxy) is 1. The number of benzene rings is 1. The summed E-state index contributed by atoms with van der Waals surface area (Å²) in [7, 11) is 0. The lowest BCUT2D eigenvalue weighted by Gasteiger charge is -2.10. The van der Waals surface area contributed by atoms with Gasteiger partial charge in [-0.05, 0) is 50.6 Å². The number of amides is 1. The van der Waals surface area contributed by atoms with E-state index in [-0.39, 0.29) is 17.9 Å². The zero-order chi connectivity index (χ0) is 17.7. The van der Waals surface area contributed by atoms with E-state index in [4.69, 9.17) is 4.74 Å². The Balaban J connectivity index is 2.13. The predicted octanol–water partition coefficient (Wildman–Crippen LogP) is 3.09. The van der Waals surface area contributed by atoms with E-state index in [9.17, 15) is 14.7 Å². The molecule has 24 heavy (non-hydrogen) atoms. The Hall–Kier alpha value is -2.76. The van der Waals surface area contributed by atoms with E-state index < -0.39 is 5.97 Å². The molecule has 1 amide bonds. The standard InChI is InChI=1S/C18H22N2O4/c1-4-20-11-12(3)17(18(22)23)15(20)10-16(21)19-13-6-8-14(9-7-13)24-5-2/h6-9,11H,4-5,10H2,1-3H3,(H,19,21)(H,22,23). The van der Waals surface area contributed by atoms with E-state index in [2.05, 4.69) is 5.32 Å². The average Bonchev–Trinajstić information content (AvgIpc) is 2.85. The first-order chi connectivity index (χ1) is 11.5. The van der Waals surface area contributed by atoms with Gasteiger partial charge in [0, 0.05) is 24.1 Å². The number of carbonyl (C=O) groups excluding carboxylic acids is 1. The molecule has 1 heterocycles. The molecule has 0 fully saturated rings. The van der Waals surface area contributed by atoms with Crippen molar-refractivity contribution in [2.45, 2.75) is 33.7 Å². The lowest BCUT2D eigenvalue weighted by molar-refractivity contribution is -0.115. The van der Waals surface area contributed by atoms with Crippen LogP contribution in [0.4, 0.5) is 5.69 Å². The van der Waals surface area contributed by atoms with Crippen molar-refractivity contribution in [2.24, 2.45) is 0 Å². The van der Waals surface area contributed by atoms with Gasteiger partial charge in [0.25, 0.3) is 0 Å². The van der Waals surface area contributed by atoms with E-state index >= 15 is 0 Å². The second-order valence-electron chi connectivity index (χ2n) is 5.41. The molecule has 128 valence electrons. The molecule has 0 bridgehead atoms. The number of aryl methyl sites for hydroxylation is 2. The van der Waals surface area contributed by atoms with Gasteiger partial charge in [-0.15, -0.1) is 0 Å². The lowest BCUT2D eigenvalue weighted by atomic mass is 10.1. The highest BCUT2D eigenvalue weighted by molar-refractivity contribution is 5.96. The van der Waals surface area contributed by atoms with E-state index in [1.165, 1.54) is 0 Å². The van der Waals surface area contributed by atoms with Crippen molar-refractivity contribution < 1.29 is 19.4 Å². The van der Waals surface area contributed by atoms with Gasteiger partial charge in [0.15, 0.2) is 0 Å². The molecule has 0 saturated carbocycles. The van der Waals surface area contributed by atoms with Crippen LogP contribution in [0, 0.1) is 6.92 Å². The van der Waals surface area contributed by atoms with E-state index in [1.807, 2.05) is 13.8 Å². The number of aromatic carboxylic acids is 1. The normalized spacial score (nSPS) is 10.5. The number of carboxylic acids is 1. The molecule has 0 aliphatic heterocycles. The number of nitrogens with zero attached hydrogens (tertiary/aromatic N) is 1. The van der Waals surface area contributed by atoms with Crippen LogP contribution in [0.15, 0.2) is 30.5 Å². The Morgan fingerprint density at radius 1 is 1.21 bits per heavy atom. The van der Waals surface area contributed by atoms with Gasteiger partial charge in [-0.1, -0.05) is 0 Å². The molecule has 0 spiro atoms. The summed E-state index contributed by atoms with van der Waals surface area (Å²) >= 11 is 0. The fraction of sp³-hybridized carbons (Fsp3) is 0.333. The number of carbonyl (C=O) groups is 2. The molecule has 1 aromatic heterocycles. The topological polar surface area (TPSA) is 80.6 Å². The van der Waals surface area contributed by atoms with Crippen LogP contribution in [-0.2, 0) is 17.8 Å². The number of aromatic nitrogens is 1. The average molecular weight is 330 g/mol. The van der Waals surface area contributed by atoms with Crippen molar-refractivity contribution in [3.8, 4) is 5.75 Å². The van der Waals surface area contributed by atoms with Gasteiger partial charge in [0.2, 0.25) is 5.91 Å². The van der Waals surface area contributed by atoms with Gasteiger partial charge in [-0.25, -0.2) is 4.79 Å². The fourth-order valence-electron chi connectivity index (χ4n) is 2.67. The Bertz CT molecular complexity index is 732. The second kappa shape index (κ2) is 7.68. The van der Waals surface area contributed by atoms with Crippen molar-refractivity contribution in [3.05, 3.63) is 47.3 Å². The predicted molar refractivity (Wildman–Crippen MR) is 91.7 cm³/mol. The van der Waals surface area contributed by atoms with Gasteiger partial charge < -0.3 is 19.7 Å². The summed E-state index contributed by atoms with van der Waals surface area (Å²) < 4.78 is 7.16. The van der Waals surface area contributed by atoms with Crippen LogP contribution >= 0.6 is 0 Å². The first-order valence-electron chi connectivity index (χ1n) is 7.90. The highest BCUT2D eigenvalue weighted by Gasteiger charge is 2.20. The van der Waals surface area contributed by atoms with Gasteiger partial charge >= 0.3 is 5.97 Å². The first-order valence-corrected chi connectivity index (χ1v) is 7.90. The minimum absolute atomic E-state index is 0.0104. The zero-order valence-corrected chi connectivity index (χ0v) is 14.1. The SMILES string of the molecule is CCOc1ccc(NC(=O)Cc2c(C(=O)O)c(C)cn2CC)cc1. The molecule has 1 aromatic carbocycles. The van der Waals surface area contributed by atoms with Crippen LogP contribution < -0.4 is 10.1 Å². The van der Waals surface area contributed by atoms with Gasteiger partial charge in [0.05, 0.1) is 18.6 Å². The molecular weight excluding hydrogens is 308 g/mol. The number of carboxylic acid groups (broad SMARTS) is 1. The van der Waals surface area contributed by atoms with Gasteiger partial charge in [-0.2, -0.15) is 0 Å². The summed E-state index contributed by atoms with van der Waals surface area (Å²) in [6.45, 7) is 6.75. The minimum atomic E-state index is -1.01. The van der Waals surface area contributed by atoms with Crippen molar-refractivity contribution >= 4 is 17.6 Å². The maximum absolute atomic E-state index is 12.3. The van der Waals surface area contributed by atoms with Gasteiger partial charge in [-0.3, -0.25) is 4.79 Å². The van der Waals surface area contributed by atoms with Crippen molar-refractivity contribution in [1.29, 1.82) is 0 Å². The molecule has 6 heteroatoms. The molecule has 2 rings (SSSR count). The monoisotopic (exact) mass is 330 g/mol. The second-order valence-corrected chi connectivity index (χ2v) is 5.41. The number of anilines is 1. The minimum Gasteiger partial charge on any atom is -0.494 e. The summed E-state index contributed by atoms with van der Waals surface area (Å²) in [6.07, 6.45) is 1.78. The number of rotatable bonds is 7. The first kappa shape index (κ1) is 17.6. The third-order valence-corrected chi connectivity index (χ3v) is 3.71.